The second kappa shape index (κ2) is 5.77. The van der Waals surface area contributed by atoms with Gasteiger partial charge in [0.2, 0.25) is 0 Å². The van der Waals surface area contributed by atoms with Crippen molar-refractivity contribution in [2.45, 2.75) is 26.2 Å². The van der Waals surface area contributed by atoms with Crippen LogP contribution in [0.15, 0.2) is 30.6 Å². The van der Waals surface area contributed by atoms with Crippen LogP contribution in [0.3, 0.4) is 0 Å². The van der Waals surface area contributed by atoms with E-state index in [1.807, 2.05) is 12.1 Å². The number of carbonyl (C=O) groups excluding carboxylic acids is 1. The fourth-order valence-electron chi connectivity index (χ4n) is 2.44. The highest BCUT2D eigenvalue weighted by Crippen LogP contribution is 2.35. The van der Waals surface area contributed by atoms with E-state index in [1.165, 1.54) is 24.6 Å². The summed E-state index contributed by atoms with van der Waals surface area (Å²) in [5.41, 5.74) is 2.14. The summed E-state index contributed by atoms with van der Waals surface area (Å²) in [6.07, 6.45) is 3.11. The molecule has 2 aromatic heterocycles. The number of nitrogens with zero attached hydrogens (tertiary/aromatic N) is 3. The average Bonchev–Trinajstić information content (AvgIpc) is 3.18. The van der Waals surface area contributed by atoms with Gasteiger partial charge in [0.05, 0.1) is 29.1 Å². The van der Waals surface area contributed by atoms with Gasteiger partial charge in [0.15, 0.2) is 0 Å². The molecule has 3 aromatic rings. The van der Waals surface area contributed by atoms with Gasteiger partial charge in [-0.25, -0.2) is 9.48 Å². The van der Waals surface area contributed by atoms with Crippen LogP contribution in [0.5, 0.6) is 0 Å². The summed E-state index contributed by atoms with van der Waals surface area (Å²) in [6, 6.07) is 8.34. The number of carbonyl (C=O) groups is 1. The number of methoxy groups -OCH3 is 1. The van der Waals surface area contributed by atoms with Crippen LogP contribution in [0.25, 0.3) is 15.1 Å². The number of aromatic nitrogens is 2. The molecule has 0 N–H and O–H groups in total. The Morgan fingerprint density at radius 1 is 1.33 bits per heavy atom. The van der Waals surface area contributed by atoms with Crippen LogP contribution >= 0.6 is 11.3 Å². The molecule has 0 atom stereocenters. The molecule has 0 aliphatic heterocycles. The molecule has 0 amide bonds. The zero-order valence-corrected chi connectivity index (χ0v) is 14.8. The quantitative estimate of drug-likeness (QED) is 0.661. The van der Waals surface area contributed by atoms with Gasteiger partial charge >= 0.3 is 5.97 Å². The third-order valence-electron chi connectivity index (χ3n) is 3.82. The van der Waals surface area contributed by atoms with Gasteiger partial charge in [-0.15, -0.1) is 11.3 Å². The van der Waals surface area contributed by atoms with E-state index in [4.69, 9.17) is 4.74 Å². The number of thiophene rings is 1. The molecule has 0 aliphatic carbocycles. The summed E-state index contributed by atoms with van der Waals surface area (Å²) in [6.45, 7) is 6.37. The van der Waals surface area contributed by atoms with Crippen LogP contribution in [0, 0.1) is 11.3 Å². The van der Waals surface area contributed by atoms with E-state index < -0.39 is 5.97 Å². The van der Waals surface area contributed by atoms with Gasteiger partial charge in [-0.3, -0.25) is 0 Å². The Morgan fingerprint density at radius 3 is 2.71 bits per heavy atom. The van der Waals surface area contributed by atoms with E-state index in [2.05, 4.69) is 38.0 Å². The van der Waals surface area contributed by atoms with Crippen LogP contribution in [-0.4, -0.2) is 22.9 Å². The van der Waals surface area contributed by atoms with Crippen LogP contribution in [0.4, 0.5) is 0 Å². The molecule has 5 nitrogen and oxygen atoms in total. The summed E-state index contributed by atoms with van der Waals surface area (Å²) < 4.78 is 7.26. The first-order valence-corrected chi connectivity index (χ1v) is 8.26. The largest absolute Gasteiger partial charge is 0.465 e. The lowest BCUT2D eigenvalue weighted by molar-refractivity contribution is 0.0600. The van der Waals surface area contributed by atoms with Gasteiger partial charge < -0.3 is 4.74 Å². The highest BCUT2D eigenvalue weighted by Gasteiger charge is 2.18. The van der Waals surface area contributed by atoms with Gasteiger partial charge in [-0.05, 0) is 34.6 Å². The van der Waals surface area contributed by atoms with Gasteiger partial charge in [0.1, 0.15) is 11.1 Å². The Hall–Kier alpha value is -2.65. The standard InChI is InChI=1S/C18H17N3O2S/c1-18(2,3)14-5-11-7-15(24-16(11)12(6-14)8-19)21-10-13(9-20-21)17(22)23-4/h5-7,9-10H,1-4H3. The molecular weight excluding hydrogens is 322 g/mol. The molecule has 3 rings (SSSR count). The molecule has 0 spiro atoms. The van der Waals surface area contributed by atoms with Crippen LogP contribution in [0.1, 0.15) is 42.3 Å². The normalized spacial score (nSPS) is 11.5. The summed E-state index contributed by atoms with van der Waals surface area (Å²) >= 11 is 1.48. The first-order chi connectivity index (χ1) is 11.3. The van der Waals surface area contributed by atoms with Crippen molar-refractivity contribution in [2.75, 3.05) is 7.11 Å². The monoisotopic (exact) mass is 339 g/mol. The third kappa shape index (κ3) is 2.79. The molecular formula is C18H17N3O2S. The van der Waals surface area contributed by atoms with E-state index in [0.29, 0.717) is 11.1 Å². The number of rotatable bonds is 2. The summed E-state index contributed by atoms with van der Waals surface area (Å²) in [5, 5.41) is 15.6. The predicted molar refractivity (Wildman–Crippen MR) is 93.7 cm³/mol. The Balaban J connectivity index is 2.13. The highest BCUT2D eigenvalue weighted by molar-refractivity contribution is 7.21. The van der Waals surface area contributed by atoms with Gasteiger partial charge in [-0.2, -0.15) is 10.4 Å². The molecule has 0 bridgehead atoms. The highest BCUT2D eigenvalue weighted by atomic mass is 32.1. The minimum atomic E-state index is -0.421. The maximum absolute atomic E-state index is 11.6. The maximum Gasteiger partial charge on any atom is 0.341 e. The second-order valence-electron chi connectivity index (χ2n) is 6.55. The smallest absolute Gasteiger partial charge is 0.341 e. The minimum absolute atomic E-state index is 0.0361. The van der Waals surface area contributed by atoms with Gasteiger partial charge in [0.25, 0.3) is 0 Å². The molecule has 6 heteroatoms. The zero-order valence-electron chi connectivity index (χ0n) is 14.0. The molecule has 0 fully saturated rings. The number of benzene rings is 1. The number of hydrogen-bond acceptors (Lipinski definition) is 5. The molecule has 24 heavy (non-hydrogen) atoms. The van der Waals surface area contributed by atoms with E-state index in [0.717, 1.165) is 20.7 Å². The Kier molecular flexibility index (Phi) is 3.90. The topological polar surface area (TPSA) is 67.9 Å². The Morgan fingerprint density at radius 2 is 2.08 bits per heavy atom. The average molecular weight is 339 g/mol. The molecule has 0 saturated heterocycles. The minimum Gasteiger partial charge on any atom is -0.465 e. The number of nitriles is 1. The van der Waals surface area contributed by atoms with Crippen LogP contribution in [-0.2, 0) is 10.2 Å². The van der Waals surface area contributed by atoms with Crippen molar-refractivity contribution >= 4 is 27.4 Å². The number of esters is 1. The van der Waals surface area contributed by atoms with Crippen LogP contribution in [0.2, 0.25) is 0 Å². The number of fused-ring (bicyclic) bond motifs is 1. The van der Waals surface area contributed by atoms with E-state index in [9.17, 15) is 10.1 Å². The molecule has 1 aromatic carbocycles. The van der Waals surface area contributed by atoms with Crippen molar-refractivity contribution in [1.29, 1.82) is 5.26 Å². The van der Waals surface area contributed by atoms with Crippen molar-refractivity contribution in [3.05, 3.63) is 47.3 Å². The predicted octanol–water partition coefficient (Wildman–Crippen LogP) is 4.04. The molecule has 122 valence electrons. The number of ether oxygens (including phenoxy) is 1. The number of hydrogen-bond donors (Lipinski definition) is 0. The summed E-state index contributed by atoms with van der Waals surface area (Å²) in [5.74, 6) is -0.421. The zero-order chi connectivity index (χ0) is 17.5. The van der Waals surface area contributed by atoms with Crippen molar-refractivity contribution in [3.63, 3.8) is 0 Å². The molecule has 0 radical (unpaired) electrons. The fraction of sp³-hybridized carbons (Fsp3) is 0.278. The first-order valence-electron chi connectivity index (χ1n) is 7.45. The third-order valence-corrected chi connectivity index (χ3v) is 4.99. The Bertz CT molecular complexity index is 970. The van der Waals surface area contributed by atoms with Crippen molar-refractivity contribution in [2.24, 2.45) is 0 Å². The SMILES string of the molecule is COC(=O)c1cnn(-c2cc3cc(C(C)(C)C)cc(C#N)c3s2)c1. The molecule has 2 heterocycles. The van der Waals surface area contributed by atoms with Crippen LogP contribution < -0.4 is 0 Å². The van der Waals surface area contributed by atoms with E-state index >= 15 is 0 Å². The summed E-state index contributed by atoms with van der Waals surface area (Å²) in [4.78, 5) is 11.6. The van der Waals surface area contributed by atoms with Gasteiger partial charge in [-0.1, -0.05) is 20.8 Å². The fourth-order valence-corrected chi connectivity index (χ4v) is 3.47. The lowest BCUT2D eigenvalue weighted by Crippen LogP contribution is -2.11. The molecule has 0 aliphatic rings. The molecule has 0 unspecified atom stereocenters. The van der Waals surface area contributed by atoms with E-state index in [-0.39, 0.29) is 5.41 Å². The second-order valence-corrected chi connectivity index (χ2v) is 7.58. The lowest BCUT2D eigenvalue weighted by atomic mass is 9.85. The first kappa shape index (κ1) is 16.2. The molecule has 0 saturated carbocycles. The lowest BCUT2D eigenvalue weighted by Gasteiger charge is -2.19. The van der Waals surface area contributed by atoms with Crippen molar-refractivity contribution < 1.29 is 9.53 Å². The summed E-state index contributed by atoms with van der Waals surface area (Å²) in [7, 11) is 1.34. The Labute approximate surface area is 144 Å². The van der Waals surface area contributed by atoms with Gasteiger partial charge in [0, 0.05) is 6.20 Å². The van der Waals surface area contributed by atoms with E-state index in [1.54, 1.807) is 10.9 Å². The van der Waals surface area contributed by atoms with Crippen molar-refractivity contribution in [3.8, 4) is 11.1 Å². The maximum atomic E-state index is 11.6. The van der Waals surface area contributed by atoms with Crippen molar-refractivity contribution in [1.82, 2.24) is 9.78 Å².